The Labute approximate surface area is 98.3 Å². The summed E-state index contributed by atoms with van der Waals surface area (Å²) in [5.41, 5.74) is 3.16. The molecule has 1 heterocycles. The first-order chi connectivity index (χ1) is 7.95. The predicted octanol–water partition coefficient (Wildman–Crippen LogP) is 3.45. The molecule has 0 spiro atoms. The number of hydrogen-bond acceptors (Lipinski definition) is 1. The molecule has 1 N–H and O–H groups in total. The van der Waals surface area contributed by atoms with Crippen molar-refractivity contribution in [3.63, 3.8) is 0 Å². The van der Waals surface area contributed by atoms with Crippen LogP contribution < -0.4 is 5.32 Å². The van der Waals surface area contributed by atoms with Gasteiger partial charge < -0.3 is 5.32 Å². The molecule has 1 aromatic carbocycles. The van der Waals surface area contributed by atoms with Crippen LogP contribution in [-0.2, 0) is 6.54 Å². The molecule has 1 nitrogen and oxygen atoms in total. The topological polar surface area (TPSA) is 12.0 Å². The molecule has 1 fully saturated rings. The highest BCUT2D eigenvalue weighted by Crippen LogP contribution is 2.38. The summed E-state index contributed by atoms with van der Waals surface area (Å²) in [4.78, 5) is 0. The molecule has 0 bridgehead atoms. The Bertz CT molecular complexity index is 352. The van der Waals surface area contributed by atoms with Crippen LogP contribution >= 0.6 is 0 Å². The number of nitrogens with one attached hydrogen (secondary N) is 1. The summed E-state index contributed by atoms with van der Waals surface area (Å²) >= 11 is 0. The van der Waals surface area contributed by atoms with E-state index in [4.69, 9.17) is 0 Å². The first-order valence-corrected chi connectivity index (χ1v) is 6.73. The van der Waals surface area contributed by atoms with Gasteiger partial charge in [0.2, 0.25) is 0 Å². The van der Waals surface area contributed by atoms with E-state index < -0.39 is 0 Å². The van der Waals surface area contributed by atoms with Crippen molar-refractivity contribution in [2.24, 2.45) is 5.92 Å². The molecule has 0 aromatic heterocycles. The highest BCUT2D eigenvalue weighted by Gasteiger charge is 2.28. The molecule has 16 heavy (non-hydrogen) atoms. The van der Waals surface area contributed by atoms with Gasteiger partial charge in [-0.05, 0) is 35.8 Å². The molecule has 1 saturated carbocycles. The van der Waals surface area contributed by atoms with Gasteiger partial charge in [0, 0.05) is 13.1 Å². The monoisotopic (exact) mass is 215 g/mol. The minimum Gasteiger partial charge on any atom is -0.312 e. The lowest BCUT2D eigenvalue weighted by Crippen LogP contribution is -2.33. The zero-order valence-electron chi connectivity index (χ0n) is 9.91. The molecule has 3 rings (SSSR count). The standard InChI is InChI=1S/C15H21N/c1-2-6-12(7-3-1)15-11-16-10-13-8-4-5-9-14(13)15/h4-5,8-9,12,15-16H,1-3,6-7,10-11H2. The van der Waals surface area contributed by atoms with Crippen LogP contribution in [0, 0.1) is 5.92 Å². The van der Waals surface area contributed by atoms with Gasteiger partial charge in [-0.2, -0.15) is 0 Å². The Balaban J connectivity index is 1.86. The van der Waals surface area contributed by atoms with E-state index in [0.717, 1.165) is 18.4 Å². The fourth-order valence-electron chi connectivity index (χ4n) is 3.49. The normalized spacial score (nSPS) is 26.4. The minimum absolute atomic E-state index is 0.783. The Hall–Kier alpha value is -0.820. The third-order valence-corrected chi connectivity index (χ3v) is 4.35. The maximum atomic E-state index is 3.59. The summed E-state index contributed by atoms with van der Waals surface area (Å²) in [5, 5.41) is 3.59. The second kappa shape index (κ2) is 4.58. The van der Waals surface area contributed by atoms with Crippen LogP contribution in [0.5, 0.6) is 0 Å². The predicted molar refractivity (Wildman–Crippen MR) is 67.5 cm³/mol. The van der Waals surface area contributed by atoms with Gasteiger partial charge >= 0.3 is 0 Å². The molecule has 0 amide bonds. The van der Waals surface area contributed by atoms with Gasteiger partial charge in [0.05, 0.1) is 0 Å². The van der Waals surface area contributed by atoms with Crippen molar-refractivity contribution in [3.8, 4) is 0 Å². The smallest absolute Gasteiger partial charge is 0.0208 e. The molecule has 1 heteroatoms. The molecular formula is C15H21N. The maximum Gasteiger partial charge on any atom is 0.0208 e. The second-order valence-corrected chi connectivity index (χ2v) is 5.33. The minimum atomic E-state index is 0.783. The van der Waals surface area contributed by atoms with E-state index in [-0.39, 0.29) is 0 Å². The Morgan fingerprint density at radius 3 is 2.69 bits per heavy atom. The van der Waals surface area contributed by atoms with Crippen molar-refractivity contribution in [1.82, 2.24) is 5.32 Å². The molecule has 2 aliphatic rings. The van der Waals surface area contributed by atoms with Gasteiger partial charge in [0.1, 0.15) is 0 Å². The van der Waals surface area contributed by atoms with Gasteiger partial charge in [-0.15, -0.1) is 0 Å². The van der Waals surface area contributed by atoms with Crippen LogP contribution in [0.3, 0.4) is 0 Å². The third-order valence-electron chi connectivity index (χ3n) is 4.35. The highest BCUT2D eigenvalue weighted by molar-refractivity contribution is 5.33. The maximum absolute atomic E-state index is 3.59. The summed E-state index contributed by atoms with van der Waals surface area (Å²) < 4.78 is 0. The lowest BCUT2D eigenvalue weighted by atomic mass is 9.74. The Kier molecular flexibility index (Phi) is 2.96. The van der Waals surface area contributed by atoms with Crippen molar-refractivity contribution < 1.29 is 0 Å². The number of rotatable bonds is 1. The molecule has 1 aliphatic carbocycles. The average Bonchev–Trinajstić information content (AvgIpc) is 2.39. The van der Waals surface area contributed by atoms with E-state index in [2.05, 4.69) is 29.6 Å². The highest BCUT2D eigenvalue weighted by atomic mass is 14.9. The molecule has 0 radical (unpaired) electrons. The van der Waals surface area contributed by atoms with Crippen molar-refractivity contribution in [3.05, 3.63) is 35.4 Å². The molecular weight excluding hydrogens is 194 g/mol. The molecule has 86 valence electrons. The van der Waals surface area contributed by atoms with Gasteiger partial charge in [-0.1, -0.05) is 43.5 Å². The van der Waals surface area contributed by atoms with Crippen LogP contribution in [0.4, 0.5) is 0 Å². The zero-order chi connectivity index (χ0) is 10.8. The zero-order valence-corrected chi connectivity index (χ0v) is 9.91. The molecule has 0 saturated heterocycles. The fraction of sp³-hybridized carbons (Fsp3) is 0.600. The van der Waals surface area contributed by atoms with Crippen LogP contribution in [0.15, 0.2) is 24.3 Å². The van der Waals surface area contributed by atoms with Crippen molar-refractivity contribution in [2.45, 2.75) is 44.6 Å². The largest absolute Gasteiger partial charge is 0.312 e. The number of benzene rings is 1. The van der Waals surface area contributed by atoms with Crippen LogP contribution in [0.1, 0.15) is 49.1 Å². The fourth-order valence-corrected chi connectivity index (χ4v) is 3.49. The second-order valence-electron chi connectivity index (χ2n) is 5.33. The lowest BCUT2D eigenvalue weighted by Gasteiger charge is -2.35. The summed E-state index contributed by atoms with van der Waals surface area (Å²) in [6, 6.07) is 9.02. The van der Waals surface area contributed by atoms with E-state index in [1.807, 2.05) is 0 Å². The third kappa shape index (κ3) is 1.89. The van der Waals surface area contributed by atoms with Crippen LogP contribution in [-0.4, -0.2) is 6.54 Å². The SMILES string of the molecule is c1ccc2c(c1)CNCC2C1CCCCC1. The molecule has 1 aromatic rings. The molecule has 1 atom stereocenters. The first-order valence-electron chi connectivity index (χ1n) is 6.73. The van der Waals surface area contributed by atoms with Gasteiger partial charge in [-0.25, -0.2) is 0 Å². The quantitative estimate of drug-likeness (QED) is 0.756. The van der Waals surface area contributed by atoms with Crippen LogP contribution in [0.25, 0.3) is 0 Å². The van der Waals surface area contributed by atoms with Crippen molar-refractivity contribution >= 4 is 0 Å². The van der Waals surface area contributed by atoms with E-state index in [9.17, 15) is 0 Å². The first kappa shape index (κ1) is 10.3. The summed E-state index contributed by atoms with van der Waals surface area (Å²) in [5.74, 6) is 1.72. The Morgan fingerprint density at radius 2 is 1.81 bits per heavy atom. The summed E-state index contributed by atoms with van der Waals surface area (Å²) in [6.45, 7) is 2.26. The van der Waals surface area contributed by atoms with E-state index in [1.54, 1.807) is 5.56 Å². The molecule has 1 unspecified atom stereocenters. The van der Waals surface area contributed by atoms with Gasteiger partial charge in [0.25, 0.3) is 0 Å². The van der Waals surface area contributed by atoms with E-state index in [1.165, 1.54) is 44.2 Å². The van der Waals surface area contributed by atoms with Crippen LogP contribution in [0.2, 0.25) is 0 Å². The van der Waals surface area contributed by atoms with E-state index >= 15 is 0 Å². The van der Waals surface area contributed by atoms with Gasteiger partial charge in [-0.3, -0.25) is 0 Å². The van der Waals surface area contributed by atoms with Crippen molar-refractivity contribution in [1.29, 1.82) is 0 Å². The summed E-state index contributed by atoms with van der Waals surface area (Å²) in [6.07, 6.45) is 7.24. The van der Waals surface area contributed by atoms with E-state index in [0.29, 0.717) is 0 Å². The van der Waals surface area contributed by atoms with Gasteiger partial charge in [0.15, 0.2) is 0 Å². The molecule has 1 aliphatic heterocycles. The average molecular weight is 215 g/mol. The van der Waals surface area contributed by atoms with Crippen molar-refractivity contribution in [2.75, 3.05) is 6.54 Å². The number of fused-ring (bicyclic) bond motifs is 1. The Morgan fingerprint density at radius 1 is 1.00 bits per heavy atom. The summed E-state index contributed by atoms with van der Waals surface area (Å²) in [7, 11) is 0. The number of hydrogen-bond donors (Lipinski definition) is 1. The lowest BCUT2D eigenvalue weighted by molar-refractivity contribution is 0.288.